The van der Waals surface area contributed by atoms with Crippen LogP contribution in [0.2, 0.25) is 0 Å². The Balaban J connectivity index is 1.50. The molecule has 136 valence electrons. The summed E-state index contributed by atoms with van der Waals surface area (Å²) < 4.78 is 0.969. The summed E-state index contributed by atoms with van der Waals surface area (Å²) in [4.78, 5) is 27.0. The minimum atomic E-state index is 0.0445. The van der Waals surface area contributed by atoms with E-state index in [-0.39, 0.29) is 17.7 Å². The Morgan fingerprint density at radius 1 is 1.04 bits per heavy atom. The monoisotopic (exact) mass is 406 g/mol. The Labute approximate surface area is 158 Å². The van der Waals surface area contributed by atoms with E-state index < -0.39 is 0 Å². The number of hydrogen-bond acceptors (Lipinski definition) is 2. The van der Waals surface area contributed by atoms with Gasteiger partial charge < -0.3 is 10.2 Å². The molecule has 2 fully saturated rings. The van der Waals surface area contributed by atoms with E-state index in [0.29, 0.717) is 30.6 Å². The predicted molar refractivity (Wildman–Crippen MR) is 102 cm³/mol. The summed E-state index contributed by atoms with van der Waals surface area (Å²) in [6.07, 6.45) is 6.34. The van der Waals surface area contributed by atoms with E-state index in [1.807, 2.05) is 29.2 Å². The number of carbonyl (C=O) groups excluding carboxylic acids is 2. The van der Waals surface area contributed by atoms with Crippen molar-refractivity contribution in [1.29, 1.82) is 0 Å². The Morgan fingerprint density at radius 2 is 1.68 bits per heavy atom. The number of nitrogens with one attached hydrogen (secondary N) is 1. The molecule has 1 aliphatic heterocycles. The van der Waals surface area contributed by atoms with Crippen molar-refractivity contribution in [1.82, 2.24) is 10.2 Å². The molecule has 0 aromatic heterocycles. The quantitative estimate of drug-likeness (QED) is 0.824. The maximum absolute atomic E-state index is 12.6. The average molecular weight is 407 g/mol. The first-order chi connectivity index (χ1) is 12.0. The zero-order valence-corrected chi connectivity index (χ0v) is 16.4. The number of amides is 2. The highest BCUT2D eigenvalue weighted by atomic mass is 79.9. The van der Waals surface area contributed by atoms with Gasteiger partial charge in [-0.3, -0.25) is 9.59 Å². The van der Waals surface area contributed by atoms with Gasteiger partial charge in [-0.2, -0.15) is 0 Å². The van der Waals surface area contributed by atoms with Crippen LogP contribution < -0.4 is 5.32 Å². The van der Waals surface area contributed by atoms with Crippen molar-refractivity contribution in [3.05, 3.63) is 34.3 Å². The fraction of sp³-hybridized carbons (Fsp3) is 0.600. The Hall–Kier alpha value is -1.36. The number of rotatable bonds is 3. The molecule has 25 heavy (non-hydrogen) atoms. The van der Waals surface area contributed by atoms with Gasteiger partial charge >= 0.3 is 0 Å². The third kappa shape index (κ3) is 4.63. The Morgan fingerprint density at radius 3 is 2.32 bits per heavy atom. The summed E-state index contributed by atoms with van der Waals surface area (Å²) in [6.45, 7) is 3.56. The van der Waals surface area contributed by atoms with Gasteiger partial charge in [-0.1, -0.05) is 35.7 Å². The zero-order valence-electron chi connectivity index (χ0n) is 14.8. The molecule has 1 saturated heterocycles. The van der Waals surface area contributed by atoms with Crippen molar-refractivity contribution >= 4 is 27.7 Å². The topological polar surface area (TPSA) is 49.4 Å². The molecule has 1 aliphatic carbocycles. The molecule has 1 saturated carbocycles. The third-order valence-electron chi connectivity index (χ3n) is 5.68. The fourth-order valence-electron chi connectivity index (χ4n) is 3.95. The van der Waals surface area contributed by atoms with Crippen LogP contribution in [0.25, 0.3) is 0 Å². The van der Waals surface area contributed by atoms with Gasteiger partial charge in [-0.05, 0) is 55.9 Å². The van der Waals surface area contributed by atoms with Gasteiger partial charge in [0.25, 0.3) is 5.91 Å². The van der Waals surface area contributed by atoms with Gasteiger partial charge in [-0.25, -0.2) is 0 Å². The largest absolute Gasteiger partial charge is 0.353 e. The molecule has 2 amide bonds. The maximum atomic E-state index is 12.6. The lowest BCUT2D eigenvalue weighted by molar-refractivity contribution is -0.127. The molecule has 2 aliphatic rings. The second-order valence-electron chi connectivity index (χ2n) is 7.45. The molecule has 4 nitrogen and oxygen atoms in total. The minimum absolute atomic E-state index is 0.0445. The van der Waals surface area contributed by atoms with Gasteiger partial charge in [-0.15, -0.1) is 0 Å². The summed E-state index contributed by atoms with van der Waals surface area (Å²) in [5.74, 6) is 0.876. The lowest BCUT2D eigenvalue weighted by Crippen LogP contribution is -2.47. The third-order valence-corrected chi connectivity index (χ3v) is 6.21. The maximum Gasteiger partial charge on any atom is 0.253 e. The van der Waals surface area contributed by atoms with Gasteiger partial charge in [0.05, 0.1) is 0 Å². The molecule has 1 N–H and O–H groups in total. The summed E-state index contributed by atoms with van der Waals surface area (Å²) in [7, 11) is 0. The van der Waals surface area contributed by atoms with Crippen molar-refractivity contribution in [2.75, 3.05) is 13.1 Å². The van der Waals surface area contributed by atoms with Crippen LogP contribution in [0.1, 0.15) is 55.8 Å². The molecule has 1 heterocycles. The average Bonchev–Trinajstić information content (AvgIpc) is 2.64. The summed E-state index contributed by atoms with van der Waals surface area (Å²) in [5.41, 5.74) is 0.710. The van der Waals surface area contributed by atoms with Crippen LogP contribution in [-0.4, -0.2) is 35.8 Å². The number of carbonyl (C=O) groups is 2. The second kappa shape index (κ2) is 8.35. The number of hydrogen-bond donors (Lipinski definition) is 1. The lowest BCUT2D eigenvalue weighted by Gasteiger charge is -2.34. The number of halogens is 1. The summed E-state index contributed by atoms with van der Waals surface area (Å²) in [6, 6.07) is 7.80. The van der Waals surface area contributed by atoms with Crippen LogP contribution in [0.5, 0.6) is 0 Å². The van der Waals surface area contributed by atoms with Crippen molar-refractivity contribution in [2.45, 2.75) is 51.5 Å². The number of piperidine rings is 1. The lowest BCUT2D eigenvalue weighted by atomic mass is 9.85. The molecular weight excluding hydrogens is 380 g/mol. The van der Waals surface area contributed by atoms with E-state index in [1.165, 1.54) is 19.3 Å². The predicted octanol–water partition coefficient (Wildman–Crippen LogP) is 4.00. The first-order valence-electron chi connectivity index (χ1n) is 9.40. The molecule has 0 bridgehead atoms. The Kier molecular flexibility index (Phi) is 6.15. The van der Waals surface area contributed by atoms with Crippen molar-refractivity contribution in [3.63, 3.8) is 0 Å². The van der Waals surface area contributed by atoms with E-state index in [1.54, 1.807) is 0 Å². The minimum Gasteiger partial charge on any atom is -0.353 e. The van der Waals surface area contributed by atoms with Crippen molar-refractivity contribution in [2.24, 2.45) is 11.8 Å². The smallest absolute Gasteiger partial charge is 0.253 e. The molecule has 2 atom stereocenters. The normalized spacial score (nSPS) is 24.8. The molecular formula is C20H27BrN2O2. The van der Waals surface area contributed by atoms with Crippen LogP contribution in [-0.2, 0) is 4.79 Å². The first-order valence-corrected chi connectivity index (χ1v) is 10.2. The zero-order chi connectivity index (χ0) is 17.8. The van der Waals surface area contributed by atoms with Crippen molar-refractivity contribution in [3.8, 4) is 0 Å². The van der Waals surface area contributed by atoms with Gasteiger partial charge in [0.1, 0.15) is 0 Å². The molecule has 0 spiro atoms. The van der Waals surface area contributed by atoms with Crippen molar-refractivity contribution < 1.29 is 9.59 Å². The van der Waals surface area contributed by atoms with E-state index >= 15 is 0 Å². The molecule has 3 rings (SSSR count). The van der Waals surface area contributed by atoms with Crippen LogP contribution in [0.4, 0.5) is 0 Å². The van der Waals surface area contributed by atoms with Gasteiger partial charge in [0.15, 0.2) is 0 Å². The highest BCUT2D eigenvalue weighted by Crippen LogP contribution is 2.25. The fourth-order valence-corrected chi connectivity index (χ4v) is 4.22. The second-order valence-corrected chi connectivity index (χ2v) is 8.37. The highest BCUT2D eigenvalue weighted by Gasteiger charge is 2.30. The highest BCUT2D eigenvalue weighted by molar-refractivity contribution is 9.10. The molecule has 1 aromatic rings. The first kappa shape index (κ1) is 18.4. The van der Waals surface area contributed by atoms with Crippen LogP contribution in [0, 0.1) is 11.8 Å². The van der Waals surface area contributed by atoms with E-state index in [2.05, 4.69) is 28.2 Å². The molecule has 1 aromatic carbocycles. The molecule has 0 unspecified atom stereocenters. The van der Waals surface area contributed by atoms with Crippen LogP contribution in [0.15, 0.2) is 28.7 Å². The number of benzene rings is 1. The van der Waals surface area contributed by atoms with Crippen LogP contribution >= 0.6 is 15.9 Å². The summed E-state index contributed by atoms with van der Waals surface area (Å²) in [5, 5.41) is 3.27. The number of likely N-dealkylation sites (tertiary alicyclic amines) is 1. The standard InChI is InChI=1S/C20H27BrN2O2/c1-14-4-2-3-5-18(14)22-19(24)15-10-12-23(13-11-15)20(25)16-6-8-17(21)9-7-16/h6-9,14-15,18H,2-5,10-13H2,1H3,(H,22,24)/t14-,18-/m1/s1. The summed E-state index contributed by atoms with van der Waals surface area (Å²) >= 11 is 3.39. The van der Waals surface area contributed by atoms with Gasteiger partial charge in [0, 0.05) is 35.1 Å². The Bertz CT molecular complexity index is 609. The van der Waals surface area contributed by atoms with Gasteiger partial charge in [0.2, 0.25) is 5.91 Å². The number of nitrogens with zero attached hydrogens (tertiary/aromatic N) is 1. The van der Waals surface area contributed by atoms with E-state index in [0.717, 1.165) is 23.7 Å². The molecule has 5 heteroatoms. The molecule has 0 radical (unpaired) electrons. The van der Waals surface area contributed by atoms with E-state index in [9.17, 15) is 9.59 Å². The van der Waals surface area contributed by atoms with Crippen LogP contribution in [0.3, 0.4) is 0 Å². The van der Waals surface area contributed by atoms with E-state index in [4.69, 9.17) is 0 Å². The SMILES string of the molecule is C[C@@H]1CCCC[C@H]1NC(=O)C1CCN(C(=O)c2ccc(Br)cc2)CC1.